The zero-order chi connectivity index (χ0) is 14.7. The van der Waals surface area contributed by atoms with E-state index in [9.17, 15) is 0 Å². The SMILES string of the molecule is COCOc1ccc(-c2ccc3cn[nH]c3c2)cc1OC. The quantitative estimate of drug-likeness (QED) is 0.731. The van der Waals surface area contributed by atoms with E-state index in [4.69, 9.17) is 14.2 Å². The van der Waals surface area contributed by atoms with E-state index in [1.807, 2.05) is 24.3 Å². The van der Waals surface area contributed by atoms with Gasteiger partial charge in [0.25, 0.3) is 0 Å². The first-order valence-electron chi connectivity index (χ1n) is 6.55. The topological polar surface area (TPSA) is 56.4 Å². The highest BCUT2D eigenvalue weighted by Crippen LogP contribution is 2.33. The minimum atomic E-state index is 0.190. The highest BCUT2D eigenvalue weighted by atomic mass is 16.7. The molecule has 1 N–H and O–H groups in total. The van der Waals surface area contributed by atoms with Crippen molar-refractivity contribution in [1.29, 1.82) is 0 Å². The Bertz CT molecular complexity index is 752. The van der Waals surface area contributed by atoms with Gasteiger partial charge in [0, 0.05) is 12.5 Å². The maximum Gasteiger partial charge on any atom is 0.188 e. The molecule has 0 atom stereocenters. The second-order valence-electron chi connectivity index (χ2n) is 4.59. The lowest BCUT2D eigenvalue weighted by Crippen LogP contribution is -2.00. The van der Waals surface area contributed by atoms with Crippen LogP contribution in [0.1, 0.15) is 0 Å². The van der Waals surface area contributed by atoms with Crippen molar-refractivity contribution in [3.63, 3.8) is 0 Å². The van der Waals surface area contributed by atoms with E-state index in [1.54, 1.807) is 20.4 Å². The first-order chi connectivity index (χ1) is 10.3. The third kappa shape index (κ3) is 2.68. The number of H-pyrrole nitrogens is 1. The molecular formula is C16H16N2O3. The van der Waals surface area contributed by atoms with Gasteiger partial charge in [0.2, 0.25) is 0 Å². The fraction of sp³-hybridized carbons (Fsp3) is 0.188. The molecule has 0 bridgehead atoms. The molecule has 5 nitrogen and oxygen atoms in total. The molecule has 0 aliphatic heterocycles. The number of fused-ring (bicyclic) bond motifs is 1. The van der Waals surface area contributed by atoms with Crippen LogP contribution in [0.25, 0.3) is 22.0 Å². The van der Waals surface area contributed by atoms with Crippen molar-refractivity contribution in [1.82, 2.24) is 10.2 Å². The maximum absolute atomic E-state index is 5.46. The normalized spacial score (nSPS) is 10.8. The molecule has 0 fully saturated rings. The molecule has 0 radical (unpaired) electrons. The Kier molecular flexibility index (Phi) is 3.75. The summed E-state index contributed by atoms with van der Waals surface area (Å²) in [6.07, 6.45) is 1.81. The number of benzene rings is 2. The van der Waals surface area contributed by atoms with Crippen LogP contribution in [0.5, 0.6) is 11.5 Å². The van der Waals surface area contributed by atoms with Crippen molar-refractivity contribution in [2.45, 2.75) is 0 Å². The van der Waals surface area contributed by atoms with Crippen LogP contribution in [0.3, 0.4) is 0 Å². The maximum atomic E-state index is 5.46. The fourth-order valence-corrected chi connectivity index (χ4v) is 2.21. The van der Waals surface area contributed by atoms with E-state index < -0.39 is 0 Å². The van der Waals surface area contributed by atoms with Gasteiger partial charge in [0.15, 0.2) is 18.3 Å². The Morgan fingerprint density at radius 1 is 1.00 bits per heavy atom. The monoisotopic (exact) mass is 284 g/mol. The van der Waals surface area contributed by atoms with Crippen molar-refractivity contribution in [2.75, 3.05) is 21.0 Å². The second-order valence-corrected chi connectivity index (χ2v) is 4.59. The van der Waals surface area contributed by atoms with Crippen LogP contribution in [0.15, 0.2) is 42.6 Å². The van der Waals surface area contributed by atoms with Crippen LogP contribution >= 0.6 is 0 Å². The van der Waals surface area contributed by atoms with E-state index in [1.165, 1.54) is 0 Å². The number of nitrogens with zero attached hydrogens (tertiary/aromatic N) is 1. The van der Waals surface area contributed by atoms with Crippen LogP contribution in [0.2, 0.25) is 0 Å². The average Bonchev–Trinajstić information content (AvgIpc) is 3.00. The van der Waals surface area contributed by atoms with E-state index in [2.05, 4.69) is 22.3 Å². The summed E-state index contributed by atoms with van der Waals surface area (Å²) in [6.45, 7) is 0.190. The number of nitrogens with one attached hydrogen (secondary N) is 1. The molecule has 0 aliphatic carbocycles. The van der Waals surface area contributed by atoms with Gasteiger partial charge in [0.05, 0.1) is 18.8 Å². The van der Waals surface area contributed by atoms with Gasteiger partial charge in [-0.2, -0.15) is 5.10 Å². The van der Waals surface area contributed by atoms with Gasteiger partial charge in [-0.05, 0) is 29.3 Å². The predicted molar refractivity (Wildman–Crippen MR) is 80.6 cm³/mol. The molecule has 1 aromatic heterocycles. The molecule has 0 unspecified atom stereocenters. The highest BCUT2D eigenvalue weighted by Gasteiger charge is 2.08. The lowest BCUT2D eigenvalue weighted by molar-refractivity contribution is 0.0492. The van der Waals surface area contributed by atoms with Crippen LogP contribution < -0.4 is 9.47 Å². The number of ether oxygens (including phenoxy) is 3. The standard InChI is InChI=1S/C16H16N2O3/c1-19-10-21-15-6-5-12(8-16(15)20-2)11-3-4-13-9-17-18-14(13)7-11/h3-9H,10H2,1-2H3,(H,17,18). The summed E-state index contributed by atoms with van der Waals surface area (Å²) in [4.78, 5) is 0. The van der Waals surface area contributed by atoms with Crippen LogP contribution in [0.4, 0.5) is 0 Å². The van der Waals surface area contributed by atoms with E-state index in [0.717, 1.165) is 22.0 Å². The molecule has 0 spiro atoms. The van der Waals surface area contributed by atoms with Gasteiger partial charge < -0.3 is 14.2 Å². The number of aromatic amines is 1. The van der Waals surface area contributed by atoms with E-state index in [0.29, 0.717) is 11.5 Å². The minimum Gasteiger partial charge on any atom is -0.493 e. The predicted octanol–water partition coefficient (Wildman–Crippen LogP) is 3.22. The zero-order valence-electron chi connectivity index (χ0n) is 11.9. The fourth-order valence-electron chi connectivity index (χ4n) is 2.21. The summed E-state index contributed by atoms with van der Waals surface area (Å²) in [6, 6.07) is 12.0. The third-order valence-electron chi connectivity index (χ3n) is 3.27. The number of hydrogen-bond donors (Lipinski definition) is 1. The Labute approximate surface area is 122 Å². The van der Waals surface area contributed by atoms with Gasteiger partial charge in [0.1, 0.15) is 0 Å². The second kappa shape index (κ2) is 5.85. The summed E-state index contributed by atoms with van der Waals surface area (Å²) >= 11 is 0. The lowest BCUT2D eigenvalue weighted by atomic mass is 10.0. The Morgan fingerprint density at radius 3 is 2.62 bits per heavy atom. The van der Waals surface area contributed by atoms with Gasteiger partial charge >= 0.3 is 0 Å². The van der Waals surface area contributed by atoms with E-state index >= 15 is 0 Å². The summed E-state index contributed by atoms with van der Waals surface area (Å²) in [5.41, 5.74) is 3.14. The number of hydrogen-bond acceptors (Lipinski definition) is 4. The van der Waals surface area contributed by atoms with Gasteiger partial charge in [-0.25, -0.2) is 0 Å². The largest absolute Gasteiger partial charge is 0.493 e. The third-order valence-corrected chi connectivity index (χ3v) is 3.27. The summed E-state index contributed by atoms with van der Waals surface area (Å²) in [5.74, 6) is 1.33. The van der Waals surface area contributed by atoms with Crippen LogP contribution in [-0.4, -0.2) is 31.2 Å². The Morgan fingerprint density at radius 2 is 1.81 bits per heavy atom. The number of rotatable bonds is 5. The summed E-state index contributed by atoms with van der Waals surface area (Å²) < 4.78 is 15.7. The molecule has 21 heavy (non-hydrogen) atoms. The first-order valence-corrected chi connectivity index (χ1v) is 6.55. The molecule has 0 saturated heterocycles. The molecule has 5 heteroatoms. The van der Waals surface area contributed by atoms with Gasteiger partial charge in [-0.15, -0.1) is 0 Å². The van der Waals surface area contributed by atoms with Crippen molar-refractivity contribution < 1.29 is 14.2 Å². The van der Waals surface area contributed by atoms with Crippen molar-refractivity contribution in [3.8, 4) is 22.6 Å². The number of methoxy groups -OCH3 is 2. The molecule has 1 heterocycles. The molecule has 3 aromatic rings. The lowest BCUT2D eigenvalue weighted by Gasteiger charge is -2.11. The average molecular weight is 284 g/mol. The highest BCUT2D eigenvalue weighted by molar-refractivity contribution is 5.84. The van der Waals surface area contributed by atoms with Crippen molar-refractivity contribution >= 4 is 10.9 Å². The molecule has 0 saturated carbocycles. The smallest absolute Gasteiger partial charge is 0.188 e. The van der Waals surface area contributed by atoms with Crippen LogP contribution in [-0.2, 0) is 4.74 Å². The van der Waals surface area contributed by atoms with Gasteiger partial charge in [-0.1, -0.05) is 18.2 Å². The van der Waals surface area contributed by atoms with E-state index in [-0.39, 0.29) is 6.79 Å². The Hall–Kier alpha value is -2.53. The zero-order valence-corrected chi connectivity index (χ0v) is 11.9. The molecule has 0 aliphatic rings. The molecule has 108 valence electrons. The summed E-state index contributed by atoms with van der Waals surface area (Å²) in [7, 11) is 3.21. The first kappa shape index (κ1) is 13.5. The molecule has 3 rings (SSSR count). The van der Waals surface area contributed by atoms with Crippen molar-refractivity contribution in [2.24, 2.45) is 0 Å². The minimum absolute atomic E-state index is 0.190. The van der Waals surface area contributed by atoms with Crippen molar-refractivity contribution in [3.05, 3.63) is 42.6 Å². The molecule has 2 aromatic carbocycles. The number of aromatic nitrogens is 2. The van der Waals surface area contributed by atoms with Gasteiger partial charge in [-0.3, -0.25) is 5.10 Å². The summed E-state index contributed by atoms with van der Waals surface area (Å²) in [5, 5.41) is 8.10. The van der Waals surface area contributed by atoms with Crippen LogP contribution in [0, 0.1) is 0 Å². The molecular weight excluding hydrogens is 268 g/mol. The Balaban J connectivity index is 1.97. The molecule has 0 amide bonds.